The van der Waals surface area contributed by atoms with Crippen LogP contribution >= 0.6 is 0 Å². The van der Waals surface area contributed by atoms with Crippen molar-refractivity contribution in [2.75, 3.05) is 6.54 Å². The van der Waals surface area contributed by atoms with Crippen LogP contribution < -0.4 is 0 Å². The lowest BCUT2D eigenvalue weighted by molar-refractivity contribution is -0.135. The summed E-state index contributed by atoms with van der Waals surface area (Å²) >= 11 is 0. The summed E-state index contributed by atoms with van der Waals surface area (Å²) in [5.74, 6) is 0.0340. The third-order valence-electron chi connectivity index (χ3n) is 3.93. The lowest BCUT2D eigenvalue weighted by atomic mass is 10.0. The molecule has 1 aromatic carbocycles. The van der Waals surface area contributed by atoms with Gasteiger partial charge in [-0.05, 0) is 24.8 Å². The minimum absolute atomic E-state index is 0.0716. The number of amides is 1. The van der Waals surface area contributed by atoms with Crippen molar-refractivity contribution < 1.29 is 14.4 Å². The van der Waals surface area contributed by atoms with Crippen molar-refractivity contribution >= 4 is 18.0 Å². The van der Waals surface area contributed by atoms with Crippen LogP contribution in [0, 0.1) is 0 Å². The number of carbonyl (C=O) groups is 3. The highest BCUT2D eigenvalue weighted by molar-refractivity contribution is 5.86. The van der Waals surface area contributed by atoms with E-state index in [9.17, 15) is 14.4 Å². The van der Waals surface area contributed by atoms with E-state index in [-0.39, 0.29) is 30.6 Å². The Balaban J connectivity index is 1.71. The van der Waals surface area contributed by atoms with Crippen molar-refractivity contribution in [2.45, 2.75) is 44.6 Å². The van der Waals surface area contributed by atoms with Gasteiger partial charge >= 0.3 is 0 Å². The molecule has 2 rings (SSSR count). The van der Waals surface area contributed by atoms with Gasteiger partial charge in [-0.2, -0.15) is 0 Å². The minimum Gasteiger partial charge on any atom is -0.333 e. The Morgan fingerprint density at radius 2 is 1.90 bits per heavy atom. The molecule has 0 saturated carbocycles. The number of benzene rings is 1. The second kappa shape index (κ2) is 7.72. The van der Waals surface area contributed by atoms with Crippen molar-refractivity contribution in [2.24, 2.45) is 0 Å². The summed E-state index contributed by atoms with van der Waals surface area (Å²) in [6.45, 7) is 0.639. The highest BCUT2D eigenvalue weighted by Crippen LogP contribution is 2.17. The van der Waals surface area contributed by atoms with Crippen LogP contribution in [-0.4, -0.2) is 35.5 Å². The molecule has 0 unspecified atom stereocenters. The molecule has 1 aliphatic heterocycles. The fourth-order valence-electron chi connectivity index (χ4n) is 2.69. The van der Waals surface area contributed by atoms with Gasteiger partial charge in [0.15, 0.2) is 0 Å². The lowest BCUT2D eigenvalue weighted by Crippen LogP contribution is -2.36. The highest BCUT2D eigenvalue weighted by Gasteiger charge is 2.27. The quantitative estimate of drug-likeness (QED) is 0.722. The van der Waals surface area contributed by atoms with Gasteiger partial charge < -0.3 is 9.69 Å². The van der Waals surface area contributed by atoms with Gasteiger partial charge in [-0.3, -0.25) is 9.59 Å². The number of ketones is 1. The van der Waals surface area contributed by atoms with Gasteiger partial charge in [0, 0.05) is 25.8 Å². The number of aldehydes is 1. The molecule has 0 bridgehead atoms. The molecule has 21 heavy (non-hydrogen) atoms. The average molecular weight is 287 g/mol. The normalized spacial score (nSPS) is 17.7. The molecule has 1 aromatic rings. The van der Waals surface area contributed by atoms with Crippen LogP contribution in [0.2, 0.25) is 0 Å². The summed E-state index contributed by atoms with van der Waals surface area (Å²) < 4.78 is 0. The molecule has 4 nitrogen and oxygen atoms in total. The average Bonchev–Trinajstić information content (AvgIpc) is 3.00. The van der Waals surface area contributed by atoms with E-state index >= 15 is 0 Å². The zero-order valence-electron chi connectivity index (χ0n) is 12.2. The van der Waals surface area contributed by atoms with Crippen LogP contribution in [0.4, 0.5) is 0 Å². The Bertz CT molecular complexity index is 498. The molecule has 1 aliphatic rings. The van der Waals surface area contributed by atoms with Crippen LogP contribution in [0.1, 0.15) is 37.7 Å². The third kappa shape index (κ3) is 4.52. The number of carbonyl (C=O) groups excluding carboxylic acids is 3. The first-order valence-electron chi connectivity index (χ1n) is 7.51. The largest absolute Gasteiger partial charge is 0.333 e. The standard InChI is InChI=1S/C17H21NO3/c19-13-15-7-4-12-18(15)17(21)11-10-16(20)9-8-14-5-2-1-3-6-14/h1-3,5-6,13,15H,4,7-12H2/t15-/m0/s1. The van der Waals surface area contributed by atoms with Crippen molar-refractivity contribution in [1.29, 1.82) is 0 Å². The van der Waals surface area contributed by atoms with Gasteiger partial charge in [0.1, 0.15) is 12.1 Å². The zero-order chi connectivity index (χ0) is 15.1. The lowest BCUT2D eigenvalue weighted by Gasteiger charge is -2.20. The topological polar surface area (TPSA) is 54.5 Å². The molecule has 0 radical (unpaired) electrons. The highest BCUT2D eigenvalue weighted by atomic mass is 16.2. The first kappa shape index (κ1) is 15.4. The number of likely N-dealkylation sites (tertiary alicyclic amines) is 1. The van der Waals surface area contributed by atoms with Crippen LogP contribution in [0.3, 0.4) is 0 Å². The predicted molar refractivity (Wildman–Crippen MR) is 79.8 cm³/mol. The van der Waals surface area contributed by atoms with Crippen molar-refractivity contribution in [3.05, 3.63) is 35.9 Å². The molecule has 112 valence electrons. The van der Waals surface area contributed by atoms with E-state index in [1.54, 1.807) is 4.90 Å². The Morgan fingerprint density at radius 3 is 2.62 bits per heavy atom. The summed E-state index contributed by atoms with van der Waals surface area (Å²) in [5.41, 5.74) is 1.14. The van der Waals surface area contributed by atoms with E-state index in [4.69, 9.17) is 0 Å². The fraction of sp³-hybridized carbons (Fsp3) is 0.471. The first-order valence-corrected chi connectivity index (χ1v) is 7.51. The molecule has 1 heterocycles. The van der Waals surface area contributed by atoms with Gasteiger partial charge in [-0.1, -0.05) is 30.3 Å². The molecular weight excluding hydrogens is 266 g/mol. The maximum absolute atomic E-state index is 12.0. The molecule has 1 atom stereocenters. The fourth-order valence-corrected chi connectivity index (χ4v) is 2.69. The number of aryl methyl sites for hydroxylation is 1. The van der Waals surface area contributed by atoms with E-state index in [0.717, 1.165) is 24.7 Å². The summed E-state index contributed by atoms with van der Waals surface area (Å²) in [5, 5.41) is 0. The minimum atomic E-state index is -0.281. The van der Waals surface area contributed by atoms with Crippen molar-refractivity contribution in [3.63, 3.8) is 0 Å². The number of Topliss-reactive ketones (excluding diaryl/α,β-unsaturated/α-hetero) is 1. The Morgan fingerprint density at radius 1 is 1.14 bits per heavy atom. The first-order chi connectivity index (χ1) is 10.2. The monoisotopic (exact) mass is 287 g/mol. The molecule has 0 spiro atoms. The molecule has 1 saturated heterocycles. The summed E-state index contributed by atoms with van der Waals surface area (Å²) in [7, 11) is 0. The van der Waals surface area contributed by atoms with Crippen LogP contribution in [0.25, 0.3) is 0 Å². The van der Waals surface area contributed by atoms with Gasteiger partial charge in [-0.15, -0.1) is 0 Å². The number of hydrogen-bond donors (Lipinski definition) is 0. The van der Waals surface area contributed by atoms with Crippen molar-refractivity contribution in [1.82, 2.24) is 4.90 Å². The van der Waals surface area contributed by atoms with E-state index in [1.807, 2.05) is 30.3 Å². The Labute approximate surface area is 125 Å². The SMILES string of the molecule is O=C[C@@H]1CCCN1C(=O)CCC(=O)CCc1ccccc1. The molecule has 1 fully saturated rings. The maximum Gasteiger partial charge on any atom is 0.223 e. The van der Waals surface area contributed by atoms with E-state index in [1.165, 1.54) is 0 Å². The Kier molecular flexibility index (Phi) is 5.67. The van der Waals surface area contributed by atoms with Gasteiger partial charge in [0.25, 0.3) is 0 Å². The molecule has 4 heteroatoms. The van der Waals surface area contributed by atoms with Gasteiger partial charge in [0.05, 0.1) is 6.04 Å². The van der Waals surface area contributed by atoms with Gasteiger partial charge in [0.2, 0.25) is 5.91 Å². The second-order valence-electron chi connectivity index (χ2n) is 5.46. The Hall–Kier alpha value is -1.97. The molecule has 0 aliphatic carbocycles. The third-order valence-corrected chi connectivity index (χ3v) is 3.93. The smallest absolute Gasteiger partial charge is 0.223 e. The summed E-state index contributed by atoms with van der Waals surface area (Å²) in [4.78, 5) is 36.3. The van der Waals surface area contributed by atoms with Crippen LogP contribution in [0.5, 0.6) is 0 Å². The van der Waals surface area contributed by atoms with Crippen LogP contribution in [-0.2, 0) is 20.8 Å². The second-order valence-corrected chi connectivity index (χ2v) is 5.46. The van der Waals surface area contributed by atoms with Gasteiger partial charge in [-0.25, -0.2) is 0 Å². The summed E-state index contributed by atoms with van der Waals surface area (Å²) in [6, 6.07) is 9.57. The number of nitrogens with zero attached hydrogens (tertiary/aromatic N) is 1. The molecule has 1 amide bonds. The molecular formula is C17H21NO3. The van der Waals surface area contributed by atoms with E-state index in [2.05, 4.69) is 0 Å². The summed E-state index contributed by atoms with van der Waals surface area (Å²) in [6.07, 6.45) is 4.13. The van der Waals surface area contributed by atoms with Crippen LogP contribution in [0.15, 0.2) is 30.3 Å². The zero-order valence-corrected chi connectivity index (χ0v) is 12.2. The van der Waals surface area contributed by atoms with Crippen molar-refractivity contribution in [3.8, 4) is 0 Å². The van der Waals surface area contributed by atoms with E-state index in [0.29, 0.717) is 19.4 Å². The van der Waals surface area contributed by atoms with E-state index < -0.39 is 0 Å². The molecule has 0 aromatic heterocycles. The maximum atomic E-state index is 12.0. The number of hydrogen-bond acceptors (Lipinski definition) is 3. The molecule has 0 N–H and O–H groups in total. The number of rotatable bonds is 7. The predicted octanol–water partition coefficient (Wildman–Crippen LogP) is 2.16.